The van der Waals surface area contributed by atoms with Gasteiger partial charge in [0.1, 0.15) is 11.5 Å². The molecule has 0 saturated heterocycles. The summed E-state index contributed by atoms with van der Waals surface area (Å²) in [4.78, 5) is 23.0. The zero-order valence-electron chi connectivity index (χ0n) is 15.4. The minimum absolute atomic E-state index is 0.0107. The first-order chi connectivity index (χ1) is 14.0. The smallest absolute Gasteiger partial charge is 0.270 e. The molecule has 0 aliphatic heterocycles. The molecule has 0 fully saturated rings. The third-order valence-electron chi connectivity index (χ3n) is 3.80. The number of hydrogen-bond donors (Lipinski definition) is 1. The van der Waals surface area contributed by atoms with E-state index >= 15 is 0 Å². The number of non-ortho nitro benzene ring substituents is 1. The van der Waals surface area contributed by atoms with Gasteiger partial charge in [-0.15, -0.1) is 10.2 Å². The Bertz CT molecular complexity index is 1040. The van der Waals surface area contributed by atoms with Gasteiger partial charge >= 0.3 is 0 Å². The van der Waals surface area contributed by atoms with Crippen molar-refractivity contribution in [3.05, 3.63) is 63.7 Å². The maximum Gasteiger partial charge on any atom is 0.270 e. The Balaban J connectivity index is 1.67. The van der Waals surface area contributed by atoms with Gasteiger partial charge in [0, 0.05) is 23.4 Å². The number of nitrogens with zero attached hydrogens (tertiary/aromatic N) is 3. The molecule has 2 aromatic carbocycles. The Morgan fingerprint density at radius 1 is 1.17 bits per heavy atom. The van der Waals surface area contributed by atoms with Crippen molar-refractivity contribution in [3.8, 4) is 11.5 Å². The molecule has 9 nitrogen and oxygen atoms in total. The number of ether oxygens (including phenoxy) is 2. The van der Waals surface area contributed by atoms with E-state index < -0.39 is 4.92 Å². The molecule has 3 aromatic rings. The molecular formula is C18H16N4O5S2. The lowest BCUT2D eigenvalue weighted by Crippen LogP contribution is -2.12. The number of nitro benzene ring substituents is 1. The third-order valence-corrected chi connectivity index (χ3v) is 5.83. The van der Waals surface area contributed by atoms with E-state index in [4.69, 9.17) is 9.47 Å². The van der Waals surface area contributed by atoms with Crippen molar-refractivity contribution >= 4 is 39.8 Å². The van der Waals surface area contributed by atoms with E-state index in [1.807, 2.05) is 0 Å². The van der Waals surface area contributed by atoms with Crippen LogP contribution in [0, 0.1) is 10.1 Å². The lowest BCUT2D eigenvalue weighted by atomic mass is 10.2. The molecule has 0 spiro atoms. The van der Waals surface area contributed by atoms with Crippen molar-refractivity contribution in [1.82, 2.24) is 10.2 Å². The number of amides is 1. The van der Waals surface area contributed by atoms with Gasteiger partial charge in [-0.3, -0.25) is 20.2 Å². The van der Waals surface area contributed by atoms with Crippen molar-refractivity contribution in [2.75, 3.05) is 19.5 Å². The predicted octanol–water partition coefficient (Wildman–Crippen LogP) is 4.01. The molecular weight excluding hydrogens is 416 g/mol. The van der Waals surface area contributed by atoms with Crippen LogP contribution >= 0.6 is 23.1 Å². The van der Waals surface area contributed by atoms with E-state index in [1.54, 1.807) is 30.3 Å². The summed E-state index contributed by atoms with van der Waals surface area (Å²) in [5.74, 6) is 1.06. The fourth-order valence-electron chi connectivity index (χ4n) is 2.45. The summed E-state index contributed by atoms with van der Waals surface area (Å²) in [6, 6.07) is 11.3. The number of nitro groups is 1. The summed E-state index contributed by atoms with van der Waals surface area (Å²) >= 11 is 2.55. The van der Waals surface area contributed by atoms with E-state index in [1.165, 1.54) is 49.5 Å². The topological polar surface area (TPSA) is 116 Å². The first-order valence-corrected chi connectivity index (χ1v) is 10.0. The Hall–Kier alpha value is -3.18. The molecule has 0 saturated carbocycles. The van der Waals surface area contributed by atoms with Gasteiger partial charge in [0.15, 0.2) is 4.34 Å². The van der Waals surface area contributed by atoms with Crippen molar-refractivity contribution in [1.29, 1.82) is 0 Å². The van der Waals surface area contributed by atoms with Crippen LogP contribution in [0.3, 0.4) is 0 Å². The fourth-order valence-corrected chi connectivity index (χ4v) is 4.17. The molecule has 0 atom stereocenters. The number of methoxy groups -OCH3 is 2. The normalized spacial score (nSPS) is 10.4. The maximum absolute atomic E-state index is 12.4. The summed E-state index contributed by atoms with van der Waals surface area (Å²) < 4.78 is 11.1. The molecule has 29 heavy (non-hydrogen) atoms. The highest BCUT2D eigenvalue weighted by atomic mass is 32.2. The molecule has 1 heterocycles. The second-order valence-corrected chi connectivity index (χ2v) is 7.77. The summed E-state index contributed by atoms with van der Waals surface area (Å²) in [6.45, 7) is 0. The summed E-state index contributed by atoms with van der Waals surface area (Å²) in [7, 11) is 3.00. The van der Waals surface area contributed by atoms with Crippen LogP contribution in [-0.2, 0) is 5.75 Å². The third kappa shape index (κ3) is 5.00. The van der Waals surface area contributed by atoms with Crippen molar-refractivity contribution in [2.45, 2.75) is 10.1 Å². The van der Waals surface area contributed by atoms with Crippen molar-refractivity contribution in [3.63, 3.8) is 0 Å². The largest absolute Gasteiger partial charge is 0.496 e. The van der Waals surface area contributed by atoms with Crippen molar-refractivity contribution < 1.29 is 19.2 Å². The molecule has 0 aliphatic carbocycles. The number of thioether (sulfide) groups is 1. The van der Waals surface area contributed by atoms with Crippen LogP contribution in [0.5, 0.6) is 11.5 Å². The highest BCUT2D eigenvalue weighted by molar-refractivity contribution is 8.00. The van der Waals surface area contributed by atoms with Crippen LogP contribution in [-0.4, -0.2) is 35.2 Å². The van der Waals surface area contributed by atoms with E-state index in [0.29, 0.717) is 37.8 Å². The molecule has 1 amide bonds. The predicted molar refractivity (Wildman–Crippen MR) is 110 cm³/mol. The SMILES string of the molecule is COc1ccc([N+](=O)[O-])cc1CSc1nnc(NC(=O)c2ccccc2OC)s1. The van der Waals surface area contributed by atoms with Crippen LogP contribution < -0.4 is 14.8 Å². The van der Waals surface area contributed by atoms with Gasteiger partial charge in [-0.1, -0.05) is 35.2 Å². The standard InChI is InChI=1S/C18H16N4O5S2/c1-26-14-8-7-12(22(24)25)9-11(14)10-28-18-21-20-17(29-18)19-16(23)13-5-3-4-6-15(13)27-2/h3-9H,10H2,1-2H3,(H,19,20,23). The summed E-state index contributed by atoms with van der Waals surface area (Å²) in [6.07, 6.45) is 0. The number of hydrogen-bond acceptors (Lipinski definition) is 9. The zero-order chi connectivity index (χ0) is 20.8. The number of carbonyl (C=O) groups is 1. The molecule has 11 heteroatoms. The van der Waals surface area contributed by atoms with Gasteiger partial charge in [-0.2, -0.15) is 0 Å². The summed E-state index contributed by atoms with van der Waals surface area (Å²) in [5.41, 5.74) is 1.05. The first-order valence-electron chi connectivity index (χ1n) is 8.23. The van der Waals surface area contributed by atoms with E-state index in [-0.39, 0.29) is 11.6 Å². The number of carbonyl (C=O) groups excluding carboxylic acids is 1. The van der Waals surface area contributed by atoms with Crippen LogP contribution in [0.1, 0.15) is 15.9 Å². The maximum atomic E-state index is 12.4. The Kier molecular flexibility index (Phi) is 6.62. The minimum atomic E-state index is -0.454. The van der Waals surface area contributed by atoms with E-state index in [0.717, 1.165) is 0 Å². The lowest BCUT2D eigenvalue weighted by molar-refractivity contribution is -0.384. The Morgan fingerprint density at radius 3 is 2.66 bits per heavy atom. The van der Waals surface area contributed by atoms with Gasteiger partial charge in [0.25, 0.3) is 11.6 Å². The monoisotopic (exact) mass is 432 g/mol. The average molecular weight is 432 g/mol. The van der Waals surface area contributed by atoms with Gasteiger partial charge in [-0.25, -0.2) is 0 Å². The zero-order valence-corrected chi connectivity index (χ0v) is 17.1. The number of rotatable bonds is 8. The molecule has 1 N–H and O–H groups in total. The number of para-hydroxylation sites is 1. The van der Waals surface area contributed by atoms with Crippen molar-refractivity contribution in [2.24, 2.45) is 0 Å². The van der Waals surface area contributed by atoms with Gasteiger partial charge < -0.3 is 9.47 Å². The van der Waals surface area contributed by atoms with Crippen LogP contribution in [0.25, 0.3) is 0 Å². The highest BCUT2D eigenvalue weighted by Crippen LogP contribution is 2.33. The van der Waals surface area contributed by atoms with Gasteiger partial charge in [0.2, 0.25) is 5.13 Å². The van der Waals surface area contributed by atoms with Gasteiger partial charge in [0.05, 0.1) is 24.7 Å². The molecule has 0 unspecified atom stereocenters. The lowest BCUT2D eigenvalue weighted by Gasteiger charge is -2.07. The molecule has 1 aromatic heterocycles. The second kappa shape index (κ2) is 9.34. The van der Waals surface area contributed by atoms with Crippen LogP contribution in [0.4, 0.5) is 10.8 Å². The van der Waals surface area contributed by atoms with Crippen LogP contribution in [0.2, 0.25) is 0 Å². The Morgan fingerprint density at radius 2 is 1.93 bits per heavy atom. The average Bonchev–Trinajstić information content (AvgIpc) is 3.19. The van der Waals surface area contributed by atoms with E-state index in [2.05, 4.69) is 15.5 Å². The molecule has 0 radical (unpaired) electrons. The number of anilines is 1. The molecule has 150 valence electrons. The molecule has 0 aliphatic rings. The minimum Gasteiger partial charge on any atom is -0.496 e. The Labute approximate surface area is 174 Å². The number of aromatic nitrogens is 2. The second-order valence-electron chi connectivity index (χ2n) is 5.57. The van der Waals surface area contributed by atoms with Gasteiger partial charge in [-0.05, 0) is 18.2 Å². The molecule has 3 rings (SSSR count). The number of benzene rings is 2. The van der Waals surface area contributed by atoms with E-state index in [9.17, 15) is 14.9 Å². The molecule has 0 bridgehead atoms. The highest BCUT2D eigenvalue weighted by Gasteiger charge is 2.16. The first kappa shape index (κ1) is 20.6. The number of nitrogens with one attached hydrogen (secondary N) is 1. The fraction of sp³-hybridized carbons (Fsp3) is 0.167. The summed E-state index contributed by atoms with van der Waals surface area (Å²) in [5, 5.41) is 22.0. The van der Waals surface area contributed by atoms with Crippen LogP contribution in [0.15, 0.2) is 46.8 Å². The quantitative estimate of drug-likeness (QED) is 0.246.